The van der Waals surface area contributed by atoms with Crippen LogP contribution in [0.5, 0.6) is 0 Å². The first-order valence-corrected chi connectivity index (χ1v) is 5.20. The quantitative estimate of drug-likeness (QED) is 0.330. The lowest BCUT2D eigenvalue weighted by atomic mass is 10.2. The molecule has 6 nitrogen and oxygen atoms in total. The maximum atomic E-state index is 8.54. The third kappa shape index (κ3) is 4.38. The molecule has 0 aliphatic heterocycles. The highest BCUT2D eigenvalue weighted by molar-refractivity contribution is 5.95. The van der Waals surface area contributed by atoms with Crippen LogP contribution in [0, 0.1) is 0 Å². The van der Waals surface area contributed by atoms with Crippen LogP contribution in [0.15, 0.2) is 23.5 Å². The van der Waals surface area contributed by atoms with Gasteiger partial charge in [0.05, 0.1) is 19.3 Å². The van der Waals surface area contributed by atoms with Crippen LogP contribution in [-0.4, -0.2) is 35.8 Å². The number of aromatic nitrogens is 1. The molecule has 0 aliphatic carbocycles. The molecule has 0 saturated heterocycles. The van der Waals surface area contributed by atoms with Crippen molar-refractivity contribution in [2.24, 2.45) is 10.9 Å². The number of methoxy groups -OCH3 is 1. The van der Waals surface area contributed by atoms with Crippen LogP contribution in [0.3, 0.4) is 0 Å². The Balaban J connectivity index is 2.60. The average Bonchev–Trinajstić information content (AvgIpc) is 2.36. The summed E-state index contributed by atoms with van der Waals surface area (Å²) in [5.41, 5.74) is 6.77. The molecular weight excluding hydrogens is 222 g/mol. The molecule has 1 aromatic heterocycles. The lowest BCUT2D eigenvalue weighted by Crippen LogP contribution is -2.16. The maximum Gasteiger partial charge on any atom is 0.188 e. The molecule has 0 bridgehead atoms. The highest BCUT2D eigenvalue weighted by atomic mass is 16.5. The Morgan fingerprint density at radius 1 is 1.65 bits per heavy atom. The van der Waals surface area contributed by atoms with Gasteiger partial charge in [-0.2, -0.15) is 0 Å². The molecule has 17 heavy (non-hydrogen) atoms. The van der Waals surface area contributed by atoms with Crippen LogP contribution in [0.4, 0.5) is 0 Å². The summed E-state index contributed by atoms with van der Waals surface area (Å²) in [6, 6.07) is 3.53. The molecule has 0 aliphatic rings. The third-order valence-corrected chi connectivity index (χ3v) is 2.13. The van der Waals surface area contributed by atoms with E-state index >= 15 is 0 Å². The Morgan fingerprint density at radius 3 is 3.06 bits per heavy atom. The molecule has 94 valence electrons. The van der Waals surface area contributed by atoms with Gasteiger partial charge in [0, 0.05) is 13.3 Å². The monoisotopic (exact) mass is 239 g/mol. The number of hydrogen-bond acceptors (Lipinski definition) is 5. The molecule has 0 spiro atoms. The van der Waals surface area contributed by atoms with Gasteiger partial charge in [0.25, 0.3) is 0 Å². The molecular formula is C11H17N3O3. The number of pyridine rings is 1. The standard InChI is InChI=1S/C11H17N3O3/c1-8(6-16-2)17-7-9-3-4-13-10(5-9)11(12)14-15/h3-5,8,15H,6-7H2,1-2H3,(H2,12,14). The van der Waals surface area contributed by atoms with Gasteiger partial charge >= 0.3 is 0 Å². The fourth-order valence-electron chi connectivity index (χ4n) is 1.28. The van der Waals surface area contributed by atoms with Crippen molar-refractivity contribution in [1.29, 1.82) is 0 Å². The van der Waals surface area contributed by atoms with Crippen molar-refractivity contribution < 1.29 is 14.7 Å². The molecule has 1 unspecified atom stereocenters. The van der Waals surface area contributed by atoms with Crippen molar-refractivity contribution in [2.45, 2.75) is 19.6 Å². The molecule has 1 aromatic rings. The summed E-state index contributed by atoms with van der Waals surface area (Å²) in [6.45, 7) is 2.89. The summed E-state index contributed by atoms with van der Waals surface area (Å²) in [6.07, 6.45) is 1.60. The minimum absolute atomic E-state index is 0.0143. The van der Waals surface area contributed by atoms with E-state index in [9.17, 15) is 0 Å². The molecule has 6 heteroatoms. The second-order valence-electron chi connectivity index (χ2n) is 3.61. The number of hydrogen-bond donors (Lipinski definition) is 2. The van der Waals surface area contributed by atoms with Crippen molar-refractivity contribution in [3.8, 4) is 0 Å². The van der Waals surface area contributed by atoms with Gasteiger partial charge in [0.1, 0.15) is 5.69 Å². The predicted octanol–water partition coefficient (Wildman–Crippen LogP) is 0.728. The van der Waals surface area contributed by atoms with Crippen molar-refractivity contribution >= 4 is 5.84 Å². The summed E-state index contributed by atoms with van der Waals surface area (Å²) in [5, 5.41) is 11.4. The second kappa shape index (κ2) is 6.82. The first-order chi connectivity index (χ1) is 8.17. The Kier molecular flexibility index (Phi) is 5.38. The molecule has 0 aromatic carbocycles. The Hall–Kier alpha value is -1.66. The minimum atomic E-state index is -0.0169. The number of ether oxygens (including phenoxy) is 2. The fourth-order valence-corrected chi connectivity index (χ4v) is 1.28. The number of nitrogens with zero attached hydrogens (tertiary/aromatic N) is 2. The average molecular weight is 239 g/mol. The van der Waals surface area contributed by atoms with Gasteiger partial charge in [-0.3, -0.25) is 4.98 Å². The molecule has 0 saturated carbocycles. The first-order valence-electron chi connectivity index (χ1n) is 5.20. The zero-order chi connectivity index (χ0) is 12.7. The van der Waals surface area contributed by atoms with Crippen LogP contribution < -0.4 is 5.73 Å². The molecule has 0 amide bonds. The molecule has 1 atom stereocenters. The van der Waals surface area contributed by atoms with E-state index in [1.54, 1.807) is 19.4 Å². The topological polar surface area (TPSA) is 90.0 Å². The largest absolute Gasteiger partial charge is 0.409 e. The van der Waals surface area contributed by atoms with Crippen molar-refractivity contribution in [3.63, 3.8) is 0 Å². The Labute approximate surface area is 100 Å². The van der Waals surface area contributed by atoms with Crippen LogP contribution >= 0.6 is 0 Å². The van der Waals surface area contributed by atoms with Crippen molar-refractivity contribution in [3.05, 3.63) is 29.6 Å². The zero-order valence-electron chi connectivity index (χ0n) is 9.96. The van der Waals surface area contributed by atoms with Crippen LogP contribution in [-0.2, 0) is 16.1 Å². The fraction of sp³-hybridized carbons (Fsp3) is 0.455. The molecule has 3 N–H and O–H groups in total. The molecule has 0 radical (unpaired) electrons. The van der Waals surface area contributed by atoms with E-state index in [2.05, 4.69) is 10.1 Å². The number of oxime groups is 1. The Bertz CT molecular complexity index is 382. The lowest BCUT2D eigenvalue weighted by molar-refractivity contribution is -0.000152. The van der Waals surface area contributed by atoms with E-state index in [1.807, 2.05) is 13.0 Å². The van der Waals surface area contributed by atoms with Gasteiger partial charge in [-0.1, -0.05) is 5.16 Å². The number of nitrogens with two attached hydrogens (primary N) is 1. The molecule has 0 fully saturated rings. The van der Waals surface area contributed by atoms with E-state index < -0.39 is 0 Å². The smallest absolute Gasteiger partial charge is 0.188 e. The van der Waals surface area contributed by atoms with Gasteiger partial charge < -0.3 is 20.4 Å². The SMILES string of the molecule is COCC(C)OCc1ccnc(C(N)=NO)c1. The van der Waals surface area contributed by atoms with E-state index in [0.29, 0.717) is 18.9 Å². The predicted molar refractivity (Wildman–Crippen MR) is 62.9 cm³/mol. The van der Waals surface area contributed by atoms with Gasteiger partial charge in [-0.05, 0) is 24.6 Å². The zero-order valence-corrected chi connectivity index (χ0v) is 9.96. The van der Waals surface area contributed by atoms with E-state index in [4.69, 9.17) is 20.4 Å². The number of amidine groups is 1. The summed E-state index contributed by atoms with van der Waals surface area (Å²) >= 11 is 0. The van der Waals surface area contributed by atoms with E-state index in [1.165, 1.54) is 0 Å². The summed E-state index contributed by atoms with van der Waals surface area (Å²) in [4.78, 5) is 3.98. The second-order valence-corrected chi connectivity index (χ2v) is 3.61. The highest BCUT2D eigenvalue weighted by Gasteiger charge is 2.05. The van der Waals surface area contributed by atoms with Gasteiger partial charge in [-0.15, -0.1) is 0 Å². The van der Waals surface area contributed by atoms with Crippen LogP contribution in [0.25, 0.3) is 0 Å². The first kappa shape index (κ1) is 13.4. The van der Waals surface area contributed by atoms with E-state index in [0.717, 1.165) is 5.56 Å². The normalized spacial score (nSPS) is 13.6. The van der Waals surface area contributed by atoms with Crippen LogP contribution in [0.2, 0.25) is 0 Å². The summed E-state index contributed by atoms with van der Waals surface area (Å²) < 4.78 is 10.5. The van der Waals surface area contributed by atoms with Crippen LogP contribution in [0.1, 0.15) is 18.2 Å². The molecule has 1 heterocycles. The van der Waals surface area contributed by atoms with Crippen molar-refractivity contribution in [2.75, 3.05) is 13.7 Å². The molecule has 1 rings (SSSR count). The summed E-state index contributed by atoms with van der Waals surface area (Å²) in [7, 11) is 1.63. The van der Waals surface area contributed by atoms with Gasteiger partial charge in [0.15, 0.2) is 5.84 Å². The van der Waals surface area contributed by atoms with Gasteiger partial charge in [-0.25, -0.2) is 0 Å². The summed E-state index contributed by atoms with van der Waals surface area (Å²) in [5.74, 6) is -0.0169. The Morgan fingerprint density at radius 2 is 2.41 bits per heavy atom. The third-order valence-electron chi connectivity index (χ3n) is 2.13. The highest BCUT2D eigenvalue weighted by Crippen LogP contribution is 2.05. The van der Waals surface area contributed by atoms with Gasteiger partial charge in [0.2, 0.25) is 0 Å². The maximum absolute atomic E-state index is 8.54. The van der Waals surface area contributed by atoms with Crippen molar-refractivity contribution in [1.82, 2.24) is 4.98 Å². The lowest BCUT2D eigenvalue weighted by Gasteiger charge is -2.12. The number of rotatable bonds is 6. The minimum Gasteiger partial charge on any atom is -0.409 e. The van der Waals surface area contributed by atoms with E-state index in [-0.39, 0.29) is 11.9 Å².